The van der Waals surface area contributed by atoms with Gasteiger partial charge in [0.2, 0.25) is 0 Å². The Kier molecular flexibility index (Phi) is 8.41. The summed E-state index contributed by atoms with van der Waals surface area (Å²) in [6.07, 6.45) is -0.598. The molecule has 32 heavy (non-hydrogen) atoms. The fourth-order valence-corrected chi connectivity index (χ4v) is 3.68. The second-order valence-electron chi connectivity index (χ2n) is 8.06. The van der Waals surface area contributed by atoms with Gasteiger partial charge in [0.25, 0.3) is 0 Å². The molecule has 0 bridgehead atoms. The molecule has 2 aromatic rings. The largest absolute Gasteiger partial charge is 0.493 e. The zero-order chi connectivity index (χ0) is 23.1. The third kappa shape index (κ3) is 6.64. The van der Waals surface area contributed by atoms with E-state index in [0.717, 1.165) is 23.8 Å². The average molecular weight is 449 g/mol. The van der Waals surface area contributed by atoms with Crippen LogP contribution in [0.4, 0.5) is 13.6 Å². The highest BCUT2D eigenvalue weighted by atomic mass is 19.1. The Morgan fingerprint density at radius 2 is 1.97 bits per heavy atom. The number of benzene rings is 2. The first kappa shape index (κ1) is 23.9. The third-order valence-corrected chi connectivity index (χ3v) is 5.56. The number of ether oxygens (including phenoxy) is 2. The predicted molar refractivity (Wildman–Crippen MR) is 117 cm³/mol. The maximum atomic E-state index is 13.7. The molecule has 1 aliphatic heterocycles. The van der Waals surface area contributed by atoms with Crippen molar-refractivity contribution >= 4 is 6.09 Å². The van der Waals surface area contributed by atoms with Gasteiger partial charge < -0.3 is 25.2 Å². The van der Waals surface area contributed by atoms with E-state index in [1.54, 1.807) is 6.92 Å². The van der Waals surface area contributed by atoms with Crippen LogP contribution in [0.15, 0.2) is 42.5 Å². The number of para-hydroxylation sites is 1. The van der Waals surface area contributed by atoms with E-state index in [1.807, 2.05) is 31.2 Å². The molecule has 0 saturated heterocycles. The van der Waals surface area contributed by atoms with Gasteiger partial charge in [-0.1, -0.05) is 25.1 Å². The van der Waals surface area contributed by atoms with Crippen molar-refractivity contribution in [2.45, 2.75) is 57.4 Å². The van der Waals surface area contributed by atoms with Crippen LogP contribution in [-0.2, 0) is 11.2 Å². The van der Waals surface area contributed by atoms with Crippen LogP contribution in [0.25, 0.3) is 0 Å². The van der Waals surface area contributed by atoms with Crippen molar-refractivity contribution < 1.29 is 28.2 Å². The number of aliphatic hydroxyl groups is 1. The fraction of sp³-hybridized carbons (Fsp3) is 0.458. The predicted octanol–water partition coefficient (Wildman–Crippen LogP) is 3.87. The van der Waals surface area contributed by atoms with Crippen molar-refractivity contribution in [1.29, 1.82) is 0 Å². The highest BCUT2D eigenvalue weighted by Crippen LogP contribution is 2.31. The van der Waals surface area contributed by atoms with Crippen LogP contribution in [0.2, 0.25) is 0 Å². The normalized spacial score (nSPS) is 18.1. The highest BCUT2D eigenvalue weighted by molar-refractivity contribution is 5.68. The van der Waals surface area contributed by atoms with Crippen molar-refractivity contribution in [1.82, 2.24) is 10.6 Å². The molecule has 1 amide bonds. The number of rotatable bonds is 9. The van der Waals surface area contributed by atoms with E-state index in [-0.39, 0.29) is 25.1 Å². The lowest BCUT2D eigenvalue weighted by molar-refractivity contribution is 0.0804. The second kappa shape index (κ2) is 11.2. The average Bonchev–Trinajstić information content (AvgIpc) is 2.76. The van der Waals surface area contributed by atoms with Gasteiger partial charge in [0.1, 0.15) is 23.5 Å². The summed E-state index contributed by atoms with van der Waals surface area (Å²) in [4.78, 5) is 12.3. The summed E-state index contributed by atoms with van der Waals surface area (Å²) in [7, 11) is 0. The van der Waals surface area contributed by atoms with Crippen molar-refractivity contribution in [3.05, 3.63) is 65.2 Å². The van der Waals surface area contributed by atoms with Crippen LogP contribution >= 0.6 is 0 Å². The molecular formula is C24H30F2N2O4. The summed E-state index contributed by atoms with van der Waals surface area (Å²) in [6, 6.07) is 10.0. The molecule has 0 aromatic heterocycles. The molecule has 0 radical (unpaired) electrons. The van der Waals surface area contributed by atoms with E-state index < -0.39 is 29.9 Å². The number of alkyl carbamates (subject to hydrolysis) is 1. The number of hydrogen-bond donors (Lipinski definition) is 3. The van der Waals surface area contributed by atoms with Gasteiger partial charge in [0.15, 0.2) is 0 Å². The Morgan fingerprint density at radius 3 is 2.69 bits per heavy atom. The number of aliphatic hydroxyl groups excluding tert-OH is 1. The Hall–Kier alpha value is -2.71. The molecule has 2 unspecified atom stereocenters. The molecule has 8 heteroatoms. The summed E-state index contributed by atoms with van der Waals surface area (Å²) in [6.45, 7) is 4.36. The summed E-state index contributed by atoms with van der Waals surface area (Å²) >= 11 is 0. The standard InChI is InChI=1S/C24H30F2N2O4/c1-3-15(2)32-24(30)28-21(12-16-10-17(25)13-18(26)11-16)22(29)14-27-20-8-9-31-23-7-5-4-6-19(20)23/h4-7,10-11,13,15,20-22,27,29H,3,8-9,12,14H2,1-2H3,(H,28,30)/t15?,20?,21-,22+/m0/s1. The molecule has 2 aromatic carbocycles. The second-order valence-corrected chi connectivity index (χ2v) is 8.06. The lowest BCUT2D eigenvalue weighted by Crippen LogP contribution is -2.50. The van der Waals surface area contributed by atoms with E-state index in [0.29, 0.717) is 18.6 Å². The maximum Gasteiger partial charge on any atom is 0.407 e. The molecule has 1 heterocycles. The quantitative estimate of drug-likeness (QED) is 0.543. The van der Waals surface area contributed by atoms with Gasteiger partial charge in [-0.3, -0.25) is 0 Å². The number of halogens is 2. The van der Waals surface area contributed by atoms with Crippen LogP contribution < -0.4 is 15.4 Å². The topological polar surface area (TPSA) is 79.8 Å². The summed E-state index contributed by atoms with van der Waals surface area (Å²) in [5.41, 5.74) is 1.32. The Bertz CT molecular complexity index is 891. The zero-order valence-electron chi connectivity index (χ0n) is 18.3. The summed E-state index contributed by atoms with van der Waals surface area (Å²) in [5.74, 6) is -0.632. The maximum absolute atomic E-state index is 13.7. The molecule has 1 aliphatic rings. The lowest BCUT2D eigenvalue weighted by Gasteiger charge is -2.30. The minimum absolute atomic E-state index is 0.0195. The van der Waals surface area contributed by atoms with Gasteiger partial charge in [-0.15, -0.1) is 0 Å². The van der Waals surface area contributed by atoms with E-state index in [4.69, 9.17) is 9.47 Å². The molecule has 3 N–H and O–H groups in total. The molecule has 174 valence electrons. The lowest BCUT2D eigenvalue weighted by atomic mass is 9.98. The number of carbonyl (C=O) groups is 1. The molecule has 6 nitrogen and oxygen atoms in total. The number of hydrogen-bond acceptors (Lipinski definition) is 5. The van der Waals surface area contributed by atoms with Crippen molar-refractivity contribution in [2.24, 2.45) is 0 Å². The van der Waals surface area contributed by atoms with Crippen LogP contribution in [0, 0.1) is 11.6 Å². The molecule has 0 aliphatic carbocycles. The number of fused-ring (bicyclic) bond motifs is 1. The van der Waals surface area contributed by atoms with Crippen LogP contribution in [0.1, 0.15) is 43.9 Å². The minimum Gasteiger partial charge on any atom is -0.493 e. The zero-order valence-corrected chi connectivity index (χ0v) is 18.3. The first-order valence-corrected chi connectivity index (χ1v) is 10.9. The molecule has 0 saturated carbocycles. The van der Waals surface area contributed by atoms with Crippen molar-refractivity contribution in [2.75, 3.05) is 13.2 Å². The van der Waals surface area contributed by atoms with E-state index >= 15 is 0 Å². The van der Waals surface area contributed by atoms with Gasteiger partial charge in [0, 0.05) is 30.6 Å². The van der Waals surface area contributed by atoms with Gasteiger partial charge in [0.05, 0.1) is 18.8 Å². The molecule has 0 spiro atoms. The fourth-order valence-electron chi connectivity index (χ4n) is 3.68. The van der Waals surface area contributed by atoms with Crippen LogP contribution in [0.3, 0.4) is 0 Å². The monoisotopic (exact) mass is 448 g/mol. The number of amides is 1. The highest BCUT2D eigenvalue weighted by Gasteiger charge is 2.26. The van der Waals surface area contributed by atoms with Gasteiger partial charge in [-0.2, -0.15) is 0 Å². The van der Waals surface area contributed by atoms with E-state index in [9.17, 15) is 18.7 Å². The van der Waals surface area contributed by atoms with Gasteiger partial charge in [-0.25, -0.2) is 13.6 Å². The summed E-state index contributed by atoms with van der Waals surface area (Å²) < 4.78 is 38.2. The first-order chi connectivity index (χ1) is 15.4. The Balaban J connectivity index is 1.69. The molecule has 0 fully saturated rings. The third-order valence-electron chi connectivity index (χ3n) is 5.56. The van der Waals surface area contributed by atoms with Gasteiger partial charge in [-0.05, 0) is 43.5 Å². The van der Waals surface area contributed by atoms with Crippen LogP contribution in [-0.4, -0.2) is 42.6 Å². The van der Waals surface area contributed by atoms with Gasteiger partial charge >= 0.3 is 6.09 Å². The number of nitrogens with one attached hydrogen (secondary N) is 2. The molecule has 3 rings (SSSR count). The SMILES string of the molecule is CCC(C)OC(=O)N[C@@H](Cc1cc(F)cc(F)c1)[C@H](O)CNC1CCOc2ccccc21. The van der Waals surface area contributed by atoms with Crippen LogP contribution in [0.5, 0.6) is 5.75 Å². The number of carbonyl (C=O) groups excluding carboxylic acids is 1. The Morgan fingerprint density at radius 1 is 1.25 bits per heavy atom. The van der Waals surface area contributed by atoms with E-state index in [1.165, 1.54) is 12.1 Å². The summed E-state index contributed by atoms with van der Waals surface area (Å²) in [5, 5.41) is 16.9. The molecule has 4 atom stereocenters. The Labute approximate surface area is 186 Å². The minimum atomic E-state index is -1.03. The first-order valence-electron chi connectivity index (χ1n) is 10.9. The smallest absolute Gasteiger partial charge is 0.407 e. The van der Waals surface area contributed by atoms with E-state index in [2.05, 4.69) is 10.6 Å². The molecular weight excluding hydrogens is 418 g/mol. The van der Waals surface area contributed by atoms with Crippen molar-refractivity contribution in [3.8, 4) is 5.75 Å². The van der Waals surface area contributed by atoms with Crippen molar-refractivity contribution in [3.63, 3.8) is 0 Å².